The number of halogens is 1. The molecule has 1 aromatic heterocycles. The molecule has 4 nitrogen and oxygen atoms in total. The summed E-state index contributed by atoms with van der Waals surface area (Å²) >= 11 is 0. The van der Waals surface area contributed by atoms with E-state index in [0.29, 0.717) is 17.8 Å². The van der Waals surface area contributed by atoms with Crippen molar-refractivity contribution >= 4 is 16.8 Å². The molecule has 1 unspecified atom stereocenters. The van der Waals surface area contributed by atoms with Crippen LogP contribution in [0.5, 0.6) is 0 Å². The molecule has 124 valence electrons. The fraction of sp³-hybridized carbons (Fsp3) is 0.500. The van der Waals surface area contributed by atoms with Crippen molar-refractivity contribution < 1.29 is 9.18 Å². The van der Waals surface area contributed by atoms with Gasteiger partial charge in [0.25, 0.3) is 5.91 Å². The molecular formula is C18H24FN3O. The van der Waals surface area contributed by atoms with Crippen LogP contribution in [-0.4, -0.2) is 52.9 Å². The molecule has 2 aromatic rings. The summed E-state index contributed by atoms with van der Waals surface area (Å²) in [5, 5.41) is 0.910. The molecule has 1 aliphatic rings. The molecule has 1 amide bonds. The van der Waals surface area contributed by atoms with Crippen molar-refractivity contribution in [2.75, 3.05) is 26.2 Å². The van der Waals surface area contributed by atoms with E-state index in [1.54, 1.807) is 0 Å². The number of H-pyrrole nitrogens is 1. The Morgan fingerprint density at radius 2 is 2.17 bits per heavy atom. The standard InChI is InChI=1S/C18H24FN3O/c1-4-21-7-6-14(11-21)22(5-2)18(23)17-10-15-12(3)8-13(19)9-16(15)20-17/h8-10,14,20H,4-7,11H2,1-3H3. The molecule has 1 atom stereocenters. The second-order valence-corrected chi connectivity index (χ2v) is 6.29. The molecule has 1 aliphatic heterocycles. The maximum atomic E-state index is 13.5. The highest BCUT2D eigenvalue weighted by Gasteiger charge is 2.30. The lowest BCUT2D eigenvalue weighted by molar-refractivity contribution is 0.0689. The topological polar surface area (TPSA) is 39.3 Å². The Bertz CT molecular complexity index is 724. The van der Waals surface area contributed by atoms with Crippen molar-refractivity contribution in [1.29, 1.82) is 0 Å². The van der Waals surface area contributed by atoms with Crippen LogP contribution < -0.4 is 0 Å². The number of nitrogens with one attached hydrogen (secondary N) is 1. The lowest BCUT2D eigenvalue weighted by Crippen LogP contribution is -2.42. The fourth-order valence-electron chi connectivity index (χ4n) is 3.57. The van der Waals surface area contributed by atoms with Gasteiger partial charge >= 0.3 is 0 Å². The highest BCUT2D eigenvalue weighted by atomic mass is 19.1. The highest BCUT2D eigenvalue weighted by Crippen LogP contribution is 2.23. The third kappa shape index (κ3) is 2.98. The van der Waals surface area contributed by atoms with E-state index in [1.807, 2.05) is 24.8 Å². The summed E-state index contributed by atoms with van der Waals surface area (Å²) in [7, 11) is 0. The number of aromatic amines is 1. The first-order valence-corrected chi connectivity index (χ1v) is 8.35. The van der Waals surface area contributed by atoms with Crippen LogP contribution in [0.15, 0.2) is 18.2 Å². The van der Waals surface area contributed by atoms with E-state index in [4.69, 9.17) is 0 Å². The SMILES string of the molecule is CCN1CCC(N(CC)C(=O)c2cc3c(C)cc(F)cc3[nH]2)C1. The summed E-state index contributed by atoms with van der Waals surface area (Å²) in [4.78, 5) is 20.3. The molecule has 1 N–H and O–H groups in total. The van der Waals surface area contributed by atoms with Gasteiger partial charge in [0.1, 0.15) is 11.5 Å². The van der Waals surface area contributed by atoms with Crippen molar-refractivity contribution in [2.45, 2.75) is 33.2 Å². The number of carbonyl (C=O) groups is 1. The van der Waals surface area contributed by atoms with Crippen LogP contribution in [-0.2, 0) is 0 Å². The van der Waals surface area contributed by atoms with Gasteiger partial charge in [-0.1, -0.05) is 6.92 Å². The minimum absolute atomic E-state index is 0.00598. The Morgan fingerprint density at radius 1 is 1.39 bits per heavy atom. The number of benzene rings is 1. The van der Waals surface area contributed by atoms with Crippen LogP contribution in [0.1, 0.15) is 36.3 Å². The third-order valence-electron chi connectivity index (χ3n) is 4.88. The van der Waals surface area contributed by atoms with Gasteiger partial charge in [0.15, 0.2) is 0 Å². The second-order valence-electron chi connectivity index (χ2n) is 6.29. The number of likely N-dealkylation sites (tertiary alicyclic amines) is 1. The normalized spacial score (nSPS) is 18.7. The maximum Gasteiger partial charge on any atom is 0.270 e. The van der Waals surface area contributed by atoms with Crippen molar-refractivity contribution in [3.63, 3.8) is 0 Å². The zero-order chi connectivity index (χ0) is 16.6. The maximum absolute atomic E-state index is 13.5. The van der Waals surface area contributed by atoms with Crippen molar-refractivity contribution in [1.82, 2.24) is 14.8 Å². The van der Waals surface area contributed by atoms with Crippen molar-refractivity contribution in [2.24, 2.45) is 0 Å². The lowest BCUT2D eigenvalue weighted by Gasteiger charge is -2.27. The van der Waals surface area contributed by atoms with Crippen molar-refractivity contribution in [3.8, 4) is 0 Å². The number of nitrogens with zero attached hydrogens (tertiary/aromatic N) is 2. The molecule has 0 aliphatic carbocycles. The third-order valence-corrected chi connectivity index (χ3v) is 4.88. The van der Waals surface area contributed by atoms with E-state index in [-0.39, 0.29) is 17.8 Å². The number of rotatable bonds is 4. The van der Waals surface area contributed by atoms with Gasteiger partial charge in [-0.2, -0.15) is 0 Å². The Labute approximate surface area is 136 Å². The van der Waals surface area contributed by atoms with E-state index in [0.717, 1.165) is 37.0 Å². The summed E-state index contributed by atoms with van der Waals surface area (Å²) in [5.41, 5.74) is 2.07. The number of carbonyl (C=O) groups excluding carboxylic acids is 1. The van der Waals surface area contributed by atoms with Crippen LogP contribution in [0.25, 0.3) is 10.9 Å². The molecule has 0 spiro atoms. The summed E-state index contributed by atoms with van der Waals surface area (Å²) in [5.74, 6) is -0.274. The smallest absolute Gasteiger partial charge is 0.270 e. The van der Waals surface area contributed by atoms with Gasteiger partial charge < -0.3 is 14.8 Å². The predicted molar refractivity (Wildman–Crippen MR) is 90.2 cm³/mol. The molecule has 1 aromatic carbocycles. The Hall–Kier alpha value is -1.88. The average molecular weight is 317 g/mol. The van der Waals surface area contributed by atoms with Crippen LogP contribution in [0.2, 0.25) is 0 Å². The van der Waals surface area contributed by atoms with Gasteiger partial charge in [0, 0.05) is 36.6 Å². The lowest BCUT2D eigenvalue weighted by atomic mass is 10.1. The molecule has 5 heteroatoms. The van der Waals surface area contributed by atoms with Crippen LogP contribution in [0, 0.1) is 12.7 Å². The summed E-state index contributed by atoms with van der Waals surface area (Å²) < 4.78 is 13.5. The van der Waals surface area contributed by atoms with E-state index in [2.05, 4.69) is 16.8 Å². The first-order chi connectivity index (χ1) is 11.0. The Balaban J connectivity index is 1.88. The fourth-order valence-corrected chi connectivity index (χ4v) is 3.57. The average Bonchev–Trinajstić information content (AvgIpc) is 3.14. The number of hydrogen-bond donors (Lipinski definition) is 1. The first kappa shape index (κ1) is 16.0. The minimum Gasteiger partial charge on any atom is -0.350 e. The van der Waals surface area contributed by atoms with Gasteiger partial charge in [-0.05, 0) is 50.6 Å². The van der Waals surface area contributed by atoms with Crippen LogP contribution in [0.3, 0.4) is 0 Å². The highest BCUT2D eigenvalue weighted by molar-refractivity contribution is 5.99. The molecule has 0 bridgehead atoms. The van der Waals surface area contributed by atoms with E-state index in [9.17, 15) is 9.18 Å². The van der Waals surface area contributed by atoms with Crippen molar-refractivity contribution in [3.05, 3.63) is 35.3 Å². The molecule has 0 saturated carbocycles. The van der Waals surface area contributed by atoms with Crippen LogP contribution in [0.4, 0.5) is 4.39 Å². The molecule has 1 saturated heterocycles. The zero-order valence-electron chi connectivity index (χ0n) is 14.0. The van der Waals surface area contributed by atoms with E-state index in [1.165, 1.54) is 12.1 Å². The Kier molecular flexibility index (Phi) is 4.39. The number of hydrogen-bond acceptors (Lipinski definition) is 2. The quantitative estimate of drug-likeness (QED) is 0.941. The number of aryl methyl sites for hydroxylation is 1. The number of fused-ring (bicyclic) bond motifs is 1. The summed E-state index contributed by atoms with van der Waals surface area (Å²) in [6.45, 7) is 9.71. The number of amides is 1. The molecule has 1 fully saturated rings. The first-order valence-electron chi connectivity index (χ1n) is 8.35. The zero-order valence-corrected chi connectivity index (χ0v) is 14.0. The summed E-state index contributed by atoms with van der Waals surface area (Å²) in [6, 6.07) is 5.06. The predicted octanol–water partition coefficient (Wildman–Crippen LogP) is 3.17. The monoisotopic (exact) mass is 317 g/mol. The molecule has 0 radical (unpaired) electrons. The second kappa shape index (κ2) is 6.32. The van der Waals surface area contributed by atoms with Gasteiger partial charge in [0.05, 0.1) is 0 Å². The Morgan fingerprint density at radius 3 is 2.83 bits per heavy atom. The van der Waals surface area contributed by atoms with Gasteiger partial charge in [-0.25, -0.2) is 4.39 Å². The van der Waals surface area contributed by atoms with E-state index < -0.39 is 0 Å². The number of likely N-dealkylation sites (N-methyl/N-ethyl adjacent to an activating group) is 2. The van der Waals surface area contributed by atoms with E-state index >= 15 is 0 Å². The molecular weight excluding hydrogens is 293 g/mol. The molecule has 2 heterocycles. The van der Waals surface area contributed by atoms with Gasteiger partial charge in [-0.15, -0.1) is 0 Å². The van der Waals surface area contributed by atoms with Gasteiger partial charge in [-0.3, -0.25) is 4.79 Å². The summed E-state index contributed by atoms with van der Waals surface area (Å²) in [6.07, 6.45) is 1.02. The molecule has 23 heavy (non-hydrogen) atoms. The molecule has 3 rings (SSSR count). The largest absolute Gasteiger partial charge is 0.350 e. The minimum atomic E-state index is -0.280. The number of aromatic nitrogens is 1. The van der Waals surface area contributed by atoms with Crippen LogP contribution >= 0.6 is 0 Å². The van der Waals surface area contributed by atoms with Gasteiger partial charge in [0.2, 0.25) is 0 Å².